The van der Waals surface area contributed by atoms with Crippen molar-refractivity contribution in [1.29, 1.82) is 0 Å². The summed E-state index contributed by atoms with van der Waals surface area (Å²) >= 11 is 1.65. The minimum Gasteiger partial charge on any atom is -0.336 e. The summed E-state index contributed by atoms with van der Waals surface area (Å²) in [6, 6.07) is 0. The van der Waals surface area contributed by atoms with E-state index in [4.69, 9.17) is 0 Å². The molecule has 17 heavy (non-hydrogen) atoms. The highest BCUT2D eigenvalue weighted by atomic mass is 35.5. The number of hydrogen-bond donors (Lipinski definition) is 1. The summed E-state index contributed by atoms with van der Waals surface area (Å²) in [7, 11) is 0. The maximum absolute atomic E-state index is 12.1. The quantitative estimate of drug-likeness (QED) is 0.876. The van der Waals surface area contributed by atoms with E-state index in [1.807, 2.05) is 11.8 Å². The largest absolute Gasteiger partial charge is 0.336 e. The van der Waals surface area contributed by atoms with Crippen LogP contribution in [-0.4, -0.2) is 35.4 Å². The van der Waals surface area contributed by atoms with Crippen LogP contribution in [0.1, 0.15) is 10.7 Å². The SMILES string of the molecule is Cc1nc(CN2CC3CNCC3C2=O)cs1.Cl. The lowest BCUT2D eigenvalue weighted by atomic mass is 10.0. The van der Waals surface area contributed by atoms with Gasteiger partial charge in [0.2, 0.25) is 5.91 Å². The number of fused-ring (bicyclic) bond motifs is 1. The number of carbonyl (C=O) groups excluding carboxylic acids is 1. The Kier molecular flexibility index (Phi) is 3.70. The number of thiazole rings is 1. The van der Waals surface area contributed by atoms with E-state index < -0.39 is 0 Å². The Bertz CT molecular complexity index is 423. The van der Waals surface area contributed by atoms with Gasteiger partial charge in [0, 0.05) is 30.9 Å². The van der Waals surface area contributed by atoms with Crippen LogP contribution >= 0.6 is 23.7 Å². The first-order chi connectivity index (χ1) is 7.74. The number of amides is 1. The first-order valence-electron chi connectivity index (χ1n) is 5.64. The van der Waals surface area contributed by atoms with Gasteiger partial charge in [-0.25, -0.2) is 4.98 Å². The predicted molar refractivity (Wildman–Crippen MR) is 69.4 cm³/mol. The van der Waals surface area contributed by atoms with Crippen molar-refractivity contribution in [1.82, 2.24) is 15.2 Å². The fourth-order valence-electron chi connectivity index (χ4n) is 2.64. The van der Waals surface area contributed by atoms with Crippen LogP contribution in [0.25, 0.3) is 0 Å². The monoisotopic (exact) mass is 273 g/mol. The molecule has 3 heterocycles. The predicted octanol–water partition coefficient (Wildman–Crippen LogP) is 1.05. The van der Waals surface area contributed by atoms with Crippen molar-refractivity contribution < 1.29 is 4.79 Å². The topological polar surface area (TPSA) is 45.2 Å². The van der Waals surface area contributed by atoms with Gasteiger partial charge in [0.25, 0.3) is 0 Å². The lowest BCUT2D eigenvalue weighted by molar-refractivity contribution is -0.131. The molecule has 3 rings (SSSR count). The number of nitrogens with zero attached hydrogens (tertiary/aromatic N) is 2. The fraction of sp³-hybridized carbons (Fsp3) is 0.636. The average molecular weight is 274 g/mol. The molecule has 0 aliphatic carbocycles. The number of nitrogens with one attached hydrogen (secondary N) is 1. The molecular weight excluding hydrogens is 258 g/mol. The second-order valence-corrected chi connectivity index (χ2v) is 5.66. The van der Waals surface area contributed by atoms with Gasteiger partial charge in [-0.15, -0.1) is 23.7 Å². The van der Waals surface area contributed by atoms with Crippen LogP contribution in [0.3, 0.4) is 0 Å². The molecule has 2 aliphatic rings. The minimum absolute atomic E-state index is 0. The highest BCUT2D eigenvalue weighted by Gasteiger charge is 2.42. The van der Waals surface area contributed by atoms with Crippen molar-refractivity contribution in [3.63, 3.8) is 0 Å². The average Bonchev–Trinajstić information content (AvgIpc) is 2.90. The van der Waals surface area contributed by atoms with Gasteiger partial charge in [0.05, 0.1) is 23.2 Å². The molecule has 0 saturated carbocycles. The maximum Gasteiger partial charge on any atom is 0.227 e. The van der Waals surface area contributed by atoms with Crippen LogP contribution in [0.2, 0.25) is 0 Å². The maximum atomic E-state index is 12.1. The number of aryl methyl sites for hydroxylation is 1. The van der Waals surface area contributed by atoms with Crippen molar-refractivity contribution in [3.05, 3.63) is 16.1 Å². The summed E-state index contributed by atoms with van der Waals surface area (Å²) in [5, 5.41) is 6.41. The molecule has 2 unspecified atom stereocenters. The van der Waals surface area contributed by atoms with E-state index in [2.05, 4.69) is 15.7 Å². The first-order valence-corrected chi connectivity index (χ1v) is 6.52. The zero-order valence-corrected chi connectivity index (χ0v) is 11.3. The molecule has 2 atom stereocenters. The van der Waals surface area contributed by atoms with Crippen LogP contribution in [0.5, 0.6) is 0 Å². The second kappa shape index (κ2) is 4.92. The van der Waals surface area contributed by atoms with Gasteiger partial charge < -0.3 is 10.2 Å². The molecule has 1 aromatic rings. The Hall–Kier alpha value is -0.650. The second-order valence-electron chi connectivity index (χ2n) is 4.60. The summed E-state index contributed by atoms with van der Waals surface area (Å²) in [4.78, 5) is 18.4. The van der Waals surface area contributed by atoms with Crippen LogP contribution in [0.15, 0.2) is 5.38 Å². The van der Waals surface area contributed by atoms with Gasteiger partial charge in [-0.05, 0) is 6.92 Å². The molecule has 0 radical (unpaired) electrons. The third-order valence-corrected chi connectivity index (χ3v) is 4.27. The number of aromatic nitrogens is 1. The molecule has 1 N–H and O–H groups in total. The molecule has 1 amide bonds. The van der Waals surface area contributed by atoms with E-state index in [9.17, 15) is 4.79 Å². The van der Waals surface area contributed by atoms with Crippen LogP contribution < -0.4 is 5.32 Å². The third-order valence-electron chi connectivity index (χ3n) is 3.44. The Labute approximate surface area is 111 Å². The van der Waals surface area contributed by atoms with Crippen LogP contribution in [0.4, 0.5) is 0 Å². The highest BCUT2D eigenvalue weighted by Crippen LogP contribution is 2.28. The van der Waals surface area contributed by atoms with E-state index in [-0.39, 0.29) is 18.3 Å². The Morgan fingerprint density at radius 2 is 2.41 bits per heavy atom. The summed E-state index contributed by atoms with van der Waals surface area (Å²) in [6.45, 7) is 5.43. The standard InChI is InChI=1S/C11H15N3OS.ClH/c1-7-13-9(6-16-7)5-14-4-8-2-12-3-10(8)11(14)15;/h6,8,10,12H,2-5H2,1H3;1H. The van der Waals surface area contributed by atoms with E-state index in [0.29, 0.717) is 18.4 Å². The lowest BCUT2D eigenvalue weighted by Gasteiger charge is -2.16. The molecule has 2 fully saturated rings. The van der Waals surface area contributed by atoms with Gasteiger partial charge in [0.15, 0.2) is 0 Å². The normalized spacial score (nSPS) is 27.1. The molecule has 0 spiro atoms. The Balaban J connectivity index is 0.00000108. The molecule has 0 bridgehead atoms. The fourth-order valence-corrected chi connectivity index (χ4v) is 3.24. The molecule has 94 valence electrons. The summed E-state index contributed by atoms with van der Waals surface area (Å²) in [5.74, 6) is 1.05. The van der Waals surface area contributed by atoms with E-state index >= 15 is 0 Å². The lowest BCUT2D eigenvalue weighted by Crippen LogP contribution is -2.30. The van der Waals surface area contributed by atoms with Gasteiger partial charge in [0.1, 0.15) is 0 Å². The Morgan fingerprint density at radius 1 is 1.59 bits per heavy atom. The molecule has 2 saturated heterocycles. The molecule has 2 aliphatic heterocycles. The van der Waals surface area contributed by atoms with E-state index in [1.54, 1.807) is 11.3 Å². The smallest absolute Gasteiger partial charge is 0.227 e. The van der Waals surface area contributed by atoms with Gasteiger partial charge in [-0.2, -0.15) is 0 Å². The zero-order valence-electron chi connectivity index (χ0n) is 9.68. The molecule has 0 aromatic carbocycles. The van der Waals surface area contributed by atoms with Crippen molar-refractivity contribution in [3.8, 4) is 0 Å². The minimum atomic E-state index is 0. The highest BCUT2D eigenvalue weighted by molar-refractivity contribution is 7.09. The molecule has 4 nitrogen and oxygen atoms in total. The summed E-state index contributed by atoms with van der Waals surface area (Å²) in [6.07, 6.45) is 0. The van der Waals surface area contributed by atoms with Gasteiger partial charge in [-0.3, -0.25) is 4.79 Å². The van der Waals surface area contributed by atoms with Gasteiger partial charge in [-0.1, -0.05) is 0 Å². The number of halogens is 1. The number of likely N-dealkylation sites (tertiary alicyclic amines) is 1. The summed E-state index contributed by atoms with van der Waals surface area (Å²) < 4.78 is 0. The number of rotatable bonds is 2. The zero-order chi connectivity index (χ0) is 11.1. The van der Waals surface area contributed by atoms with E-state index in [0.717, 1.165) is 30.3 Å². The van der Waals surface area contributed by atoms with Gasteiger partial charge >= 0.3 is 0 Å². The summed E-state index contributed by atoms with van der Waals surface area (Å²) in [5.41, 5.74) is 1.03. The van der Waals surface area contributed by atoms with Crippen molar-refractivity contribution in [2.75, 3.05) is 19.6 Å². The van der Waals surface area contributed by atoms with Crippen molar-refractivity contribution in [2.45, 2.75) is 13.5 Å². The first kappa shape index (κ1) is 12.8. The third kappa shape index (κ3) is 2.32. The number of hydrogen-bond acceptors (Lipinski definition) is 4. The van der Waals surface area contributed by atoms with Crippen molar-refractivity contribution >= 4 is 29.7 Å². The molecule has 6 heteroatoms. The van der Waals surface area contributed by atoms with Crippen LogP contribution in [-0.2, 0) is 11.3 Å². The van der Waals surface area contributed by atoms with E-state index in [1.165, 1.54) is 0 Å². The molecule has 1 aromatic heterocycles. The number of carbonyl (C=O) groups is 1. The van der Waals surface area contributed by atoms with Crippen LogP contribution in [0, 0.1) is 18.8 Å². The van der Waals surface area contributed by atoms with Crippen molar-refractivity contribution in [2.24, 2.45) is 11.8 Å². The molecular formula is C11H16ClN3OS. The Morgan fingerprint density at radius 3 is 3.06 bits per heavy atom.